The molecule has 0 saturated heterocycles. The topological polar surface area (TPSA) is 94.5 Å². The van der Waals surface area contributed by atoms with Gasteiger partial charge in [-0.2, -0.15) is 5.10 Å². The Kier molecular flexibility index (Phi) is 8.23. The third-order valence-electron chi connectivity index (χ3n) is 6.47. The Hall–Kier alpha value is -3.03. The average Bonchev–Trinajstić information content (AvgIpc) is 3.50. The molecule has 1 fully saturated rings. The maximum absolute atomic E-state index is 13.3. The van der Waals surface area contributed by atoms with Crippen LogP contribution in [0.15, 0.2) is 24.3 Å². The lowest BCUT2D eigenvalue weighted by Crippen LogP contribution is -2.42. The summed E-state index contributed by atoms with van der Waals surface area (Å²) >= 11 is 0. The molecule has 186 valence electrons. The predicted molar refractivity (Wildman–Crippen MR) is 132 cm³/mol. The Morgan fingerprint density at radius 1 is 1.06 bits per heavy atom. The molecule has 2 unspecified atom stereocenters. The summed E-state index contributed by atoms with van der Waals surface area (Å²) in [5.74, 6) is 1.33. The van der Waals surface area contributed by atoms with Gasteiger partial charge in [-0.15, -0.1) is 0 Å². The minimum Gasteiger partial charge on any atom is -0.496 e. The molecule has 0 radical (unpaired) electrons. The Morgan fingerprint density at radius 2 is 1.68 bits per heavy atom. The van der Waals surface area contributed by atoms with E-state index in [9.17, 15) is 9.59 Å². The number of rotatable bonds is 11. The van der Waals surface area contributed by atoms with Crippen molar-refractivity contribution in [3.05, 3.63) is 30.0 Å². The van der Waals surface area contributed by atoms with Gasteiger partial charge in [-0.3, -0.25) is 14.3 Å². The molecule has 8 nitrogen and oxygen atoms in total. The Labute approximate surface area is 202 Å². The first-order valence-corrected chi connectivity index (χ1v) is 12.1. The second kappa shape index (κ2) is 10.9. The van der Waals surface area contributed by atoms with Gasteiger partial charge in [-0.1, -0.05) is 33.8 Å². The smallest absolute Gasteiger partial charge is 0.272 e. The number of aromatic nitrogens is 2. The van der Waals surface area contributed by atoms with Gasteiger partial charge in [-0.25, -0.2) is 0 Å². The van der Waals surface area contributed by atoms with E-state index < -0.39 is 0 Å². The van der Waals surface area contributed by atoms with Gasteiger partial charge in [0.15, 0.2) is 5.69 Å². The van der Waals surface area contributed by atoms with E-state index in [1.165, 1.54) is 0 Å². The number of carbonyl (C=O) groups excluding carboxylic acids is 2. The molecule has 1 aromatic carbocycles. The maximum Gasteiger partial charge on any atom is 0.272 e. The lowest BCUT2D eigenvalue weighted by atomic mass is 10.00. The fraction of sp³-hybridized carbons (Fsp3) is 0.577. The SMILES string of the molecule is COc1cccc(OC)c1-c1cc(C(=O)NC(CC(=O)NC2CC2)C(C)C)nn1C(C)C(C)C. The van der Waals surface area contributed by atoms with Crippen molar-refractivity contribution in [2.45, 2.75) is 72.0 Å². The Morgan fingerprint density at radius 3 is 2.18 bits per heavy atom. The number of hydrogen-bond donors (Lipinski definition) is 2. The van der Waals surface area contributed by atoms with Gasteiger partial charge >= 0.3 is 0 Å². The number of nitrogens with zero attached hydrogens (tertiary/aromatic N) is 2. The standard InChI is InChI=1S/C26H38N4O4/c1-15(2)17(5)30-21(25-22(33-6)9-8-10-23(25)34-7)13-20(29-30)26(32)28-19(16(3)4)14-24(31)27-18-11-12-18/h8-10,13,15-19H,11-12,14H2,1-7H3,(H,27,31)(H,28,32). The van der Waals surface area contributed by atoms with Gasteiger partial charge < -0.3 is 20.1 Å². The van der Waals surface area contributed by atoms with E-state index in [0.29, 0.717) is 23.2 Å². The molecule has 3 rings (SSSR count). The van der Waals surface area contributed by atoms with Gasteiger partial charge in [0.25, 0.3) is 5.91 Å². The molecule has 1 aromatic heterocycles. The highest BCUT2D eigenvalue weighted by atomic mass is 16.5. The van der Waals surface area contributed by atoms with E-state index in [1.807, 2.05) is 36.7 Å². The van der Waals surface area contributed by atoms with Crippen molar-refractivity contribution in [3.8, 4) is 22.8 Å². The van der Waals surface area contributed by atoms with Crippen molar-refractivity contribution in [3.63, 3.8) is 0 Å². The molecule has 1 aliphatic rings. The molecule has 34 heavy (non-hydrogen) atoms. The van der Waals surface area contributed by atoms with Crippen LogP contribution in [-0.2, 0) is 4.79 Å². The quantitative estimate of drug-likeness (QED) is 0.513. The van der Waals surface area contributed by atoms with E-state index in [4.69, 9.17) is 14.6 Å². The van der Waals surface area contributed by atoms with Crippen molar-refractivity contribution < 1.29 is 19.1 Å². The summed E-state index contributed by atoms with van der Waals surface area (Å²) in [5, 5.41) is 10.7. The number of amides is 2. The van der Waals surface area contributed by atoms with Crippen LogP contribution in [0.25, 0.3) is 11.3 Å². The van der Waals surface area contributed by atoms with E-state index >= 15 is 0 Å². The number of ether oxygens (including phenoxy) is 2. The molecule has 1 saturated carbocycles. The Bertz CT molecular complexity index is 988. The molecule has 0 aliphatic heterocycles. The van der Waals surface area contributed by atoms with Crippen LogP contribution in [0.2, 0.25) is 0 Å². The van der Waals surface area contributed by atoms with E-state index in [2.05, 4.69) is 31.4 Å². The van der Waals surface area contributed by atoms with Crippen molar-refractivity contribution in [2.75, 3.05) is 14.2 Å². The predicted octanol–water partition coefficient (Wildman–Crippen LogP) is 4.21. The summed E-state index contributed by atoms with van der Waals surface area (Å²) in [7, 11) is 3.22. The lowest BCUT2D eigenvalue weighted by molar-refractivity contribution is -0.121. The van der Waals surface area contributed by atoms with Crippen LogP contribution in [-0.4, -0.2) is 47.9 Å². The van der Waals surface area contributed by atoms with Crippen LogP contribution in [0, 0.1) is 11.8 Å². The molecule has 0 spiro atoms. The van der Waals surface area contributed by atoms with Gasteiger partial charge in [-0.05, 0) is 49.8 Å². The van der Waals surface area contributed by atoms with Crippen molar-refractivity contribution in [2.24, 2.45) is 11.8 Å². The average molecular weight is 471 g/mol. The van der Waals surface area contributed by atoms with Gasteiger partial charge in [0, 0.05) is 18.5 Å². The number of nitrogens with one attached hydrogen (secondary N) is 2. The zero-order chi connectivity index (χ0) is 25.0. The first-order chi connectivity index (χ1) is 16.2. The number of carbonyl (C=O) groups is 2. The molecule has 2 N–H and O–H groups in total. The third kappa shape index (κ3) is 5.90. The maximum atomic E-state index is 13.3. The van der Waals surface area contributed by atoms with Crippen molar-refractivity contribution >= 4 is 11.8 Å². The summed E-state index contributed by atoms with van der Waals surface area (Å²) in [6, 6.07) is 7.39. The van der Waals surface area contributed by atoms with Crippen molar-refractivity contribution in [1.29, 1.82) is 0 Å². The summed E-state index contributed by atoms with van der Waals surface area (Å²) in [4.78, 5) is 25.7. The summed E-state index contributed by atoms with van der Waals surface area (Å²) < 4.78 is 13.1. The zero-order valence-corrected chi connectivity index (χ0v) is 21.3. The molecule has 2 aromatic rings. The summed E-state index contributed by atoms with van der Waals surface area (Å²) in [6.45, 7) is 10.3. The largest absolute Gasteiger partial charge is 0.496 e. The van der Waals surface area contributed by atoms with Crippen LogP contribution >= 0.6 is 0 Å². The first kappa shape index (κ1) is 25.6. The highest BCUT2D eigenvalue weighted by molar-refractivity contribution is 5.94. The number of methoxy groups -OCH3 is 2. The second-order valence-electron chi connectivity index (χ2n) is 9.75. The molecule has 0 bridgehead atoms. The molecular weight excluding hydrogens is 432 g/mol. The minimum absolute atomic E-state index is 0.0244. The van der Waals surface area contributed by atoms with Gasteiger partial charge in [0.1, 0.15) is 11.5 Å². The highest BCUT2D eigenvalue weighted by Crippen LogP contribution is 2.40. The molecule has 1 heterocycles. The highest BCUT2D eigenvalue weighted by Gasteiger charge is 2.29. The lowest BCUT2D eigenvalue weighted by Gasteiger charge is -2.22. The van der Waals surface area contributed by atoms with Crippen molar-refractivity contribution in [1.82, 2.24) is 20.4 Å². The van der Waals surface area contributed by atoms with Crippen LogP contribution in [0.4, 0.5) is 0 Å². The number of benzene rings is 1. The summed E-state index contributed by atoms with van der Waals surface area (Å²) in [6.07, 6.45) is 2.31. The van der Waals surface area contributed by atoms with E-state index in [0.717, 1.165) is 24.1 Å². The fourth-order valence-corrected chi connectivity index (χ4v) is 3.80. The molecule has 8 heteroatoms. The zero-order valence-electron chi connectivity index (χ0n) is 21.3. The first-order valence-electron chi connectivity index (χ1n) is 12.1. The molecule has 2 atom stereocenters. The van der Waals surface area contributed by atoms with Crippen LogP contribution in [0.5, 0.6) is 11.5 Å². The molecule has 1 aliphatic carbocycles. The monoisotopic (exact) mass is 470 g/mol. The van der Waals surface area contributed by atoms with Gasteiger partial charge in [0.05, 0.1) is 31.5 Å². The second-order valence-corrected chi connectivity index (χ2v) is 9.75. The Balaban J connectivity index is 1.94. The van der Waals surface area contributed by atoms with E-state index in [-0.39, 0.29) is 42.2 Å². The van der Waals surface area contributed by atoms with E-state index in [1.54, 1.807) is 20.3 Å². The third-order valence-corrected chi connectivity index (χ3v) is 6.47. The van der Waals surface area contributed by atoms with Gasteiger partial charge in [0.2, 0.25) is 5.91 Å². The van der Waals surface area contributed by atoms with Crippen LogP contribution < -0.4 is 20.1 Å². The minimum atomic E-state index is -0.303. The summed E-state index contributed by atoms with van der Waals surface area (Å²) in [5.41, 5.74) is 1.78. The normalized spacial score (nSPS) is 15.2. The van der Waals surface area contributed by atoms with Crippen LogP contribution in [0.3, 0.4) is 0 Å². The van der Waals surface area contributed by atoms with Crippen LogP contribution in [0.1, 0.15) is 70.4 Å². The molecule has 2 amide bonds. The fourth-order valence-electron chi connectivity index (χ4n) is 3.80. The number of hydrogen-bond acceptors (Lipinski definition) is 5. The molecular formula is C26H38N4O4.